The van der Waals surface area contributed by atoms with Crippen LogP contribution in [0.15, 0.2) is 72.8 Å². The van der Waals surface area contributed by atoms with Crippen LogP contribution in [0, 0.1) is 0 Å². The standard InChI is InChI=1S/C25H21N3O3/c1-31-22-13-18(26-14-23(29)30)9-10-20(22)27-21-8-4-6-16-12-17-11-15-5-2-3-7-19(15)24(17)28-25(16)21/h2-13,26-28H,14H2,1H3,(H,29,30). The van der Waals surface area contributed by atoms with Crippen LogP contribution in [0.25, 0.3) is 32.9 Å². The first kappa shape index (κ1) is 18.8. The van der Waals surface area contributed by atoms with E-state index >= 15 is 0 Å². The minimum atomic E-state index is -0.918. The molecular weight excluding hydrogens is 390 g/mol. The zero-order valence-corrected chi connectivity index (χ0v) is 16.9. The van der Waals surface area contributed by atoms with E-state index in [0.29, 0.717) is 11.4 Å². The summed E-state index contributed by atoms with van der Waals surface area (Å²) < 4.78 is 5.53. The number of pyridine rings is 1. The molecule has 3 aromatic carbocycles. The van der Waals surface area contributed by atoms with Gasteiger partial charge in [-0.15, -0.1) is 0 Å². The second kappa shape index (κ2) is 7.57. The van der Waals surface area contributed by atoms with Crippen molar-refractivity contribution >= 4 is 44.7 Å². The van der Waals surface area contributed by atoms with Crippen molar-refractivity contribution in [3.63, 3.8) is 0 Å². The number of methoxy groups -OCH3 is 1. The highest BCUT2D eigenvalue weighted by Crippen LogP contribution is 2.38. The maximum atomic E-state index is 10.8. The largest absolute Gasteiger partial charge is 0.494 e. The summed E-state index contributed by atoms with van der Waals surface area (Å²) in [5, 5.41) is 18.7. The molecule has 1 aliphatic heterocycles. The van der Waals surface area contributed by atoms with Crippen molar-refractivity contribution in [2.75, 3.05) is 24.3 Å². The molecule has 0 saturated carbocycles. The lowest BCUT2D eigenvalue weighted by atomic mass is 10.1. The summed E-state index contributed by atoms with van der Waals surface area (Å²) in [6, 6.07) is 24.4. The van der Waals surface area contributed by atoms with Crippen LogP contribution in [-0.4, -0.2) is 29.7 Å². The Hall–Kier alpha value is -4.19. The van der Waals surface area contributed by atoms with Crippen molar-refractivity contribution in [1.29, 1.82) is 0 Å². The lowest BCUT2D eigenvalue weighted by Gasteiger charge is -2.16. The molecule has 2 aliphatic rings. The molecule has 0 atom stereocenters. The van der Waals surface area contributed by atoms with Gasteiger partial charge in [-0.05, 0) is 41.3 Å². The number of aromatic amines is 1. The third-order valence-corrected chi connectivity index (χ3v) is 5.40. The van der Waals surface area contributed by atoms with E-state index in [1.807, 2.05) is 24.3 Å². The van der Waals surface area contributed by atoms with Gasteiger partial charge in [-0.3, -0.25) is 4.79 Å². The second-order valence-electron chi connectivity index (χ2n) is 7.39. The fourth-order valence-electron chi connectivity index (χ4n) is 3.95. The molecular formula is C25H21N3O3. The molecule has 6 nitrogen and oxygen atoms in total. The van der Waals surface area contributed by atoms with E-state index in [1.54, 1.807) is 13.2 Å². The van der Waals surface area contributed by atoms with E-state index in [9.17, 15) is 4.79 Å². The van der Waals surface area contributed by atoms with Crippen molar-refractivity contribution in [3.05, 3.63) is 72.8 Å². The Labute approximate surface area is 178 Å². The number of H-pyrrole nitrogens is 1. The molecule has 0 saturated heterocycles. The van der Waals surface area contributed by atoms with Gasteiger partial charge in [-0.1, -0.05) is 36.4 Å². The number of fused-ring (bicyclic) bond motifs is 4. The van der Waals surface area contributed by atoms with E-state index < -0.39 is 5.97 Å². The van der Waals surface area contributed by atoms with Crippen molar-refractivity contribution in [3.8, 4) is 17.0 Å². The number of hydrogen-bond donors (Lipinski definition) is 4. The van der Waals surface area contributed by atoms with E-state index in [1.165, 1.54) is 16.3 Å². The second-order valence-corrected chi connectivity index (χ2v) is 7.39. The van der Waals surface area contributed by atoms with Gasteiger partial charge in [0.1, 0.15) is 12.3 Å². The predicted octanol–water partition coefficient (Wildman–Crippen LogP) is 5.67. The Morgan fingerprint density at radius 2 is 1.77 bits per heavy atom. The summed E-state index contributed by atoms with van der Waals surface area (Å²) in [6.45, 7) is -0.155. The molecule has 4 N–H and O–H groups in total. The Morgan fingerprint density at radius 1 is 0.968 bits per heavy atom. The molecule has 1 aliphatic carbocycles. The van der Waals surface area contributed by atoms with Crippen molar-refractivity contribution in [2.45, 2.75) is 0 Å². The highest BCUT2D eigenvalue weighted by molar-refractivity contribution is 6.05. The SMILES string of the molecule is COc1cc(NCC(=O)O)ccc1Nc1cccc2cc3cc4ccccc4c-3[nH]c12. The van der Waals surface area contributed by atoms with E-state index in [0.717, 1.165) is 28.0 Å². The number of nitrogens with one attached hydrogen (secondary N) is 3. The average molecular weight is 411 g/mol. The molecule has 3 aromatic rings. The van der Waals surface area contributed by atoms with E-state index in [4.69, 9.17) is 9.84 Å². The quantitative estimate of drug-likeness (QED) is 0.289. The molecule has 6 heteroatoms. The van der Waals surface area contributed by atoms with Gasteiger partial charge in [0.2, 0.25) is 0 Å². The van der Waals surface area contributed by atoms with Gasteiger partial charge in [0.05, 0.1) is 29.7 Å². The molecule has 31 heavy (non-hydrogen) atoms. The third-order valence-electron chi connectivity index (χ3n) is 5.40. The minimum absolute atomic E-state index is 0.155. The zero-order chi connectivity index (χ0) is 21.4. The van der Waals surface area contributed by atoms with Crippen LogP contribution < -0.4 is 15.4 Å². The van der Waals surface area contributed by atoms with Crippen LogP contribution in [0.5, 0.6) is 5.75 Å². The summed E-state index contributed by atoms with van der Waals surface area (Å²) in [4.78, 5) is 14.4. The maximum Gasteiger partial charge on any atom is 0.322 e. The molecule has 0 aromatic heterocycles. The van der Waals surface area contributed by atoms with Crippen LogP contribution in [-0.2, 0) is 4.79 Å². The predicted molar refractivity (Wildman–Crippen MR) is 125 cm³/mol. The molecule has 0 bridgehead atoms. The summed E-state index contributed by atoms with van der Waals surface area (Å²) in [5.74, 6) is -0.300. The summed E-state index contributed by atoms with van der Waals surface area (Å²) in [5.41, 5.74) is 5.68. The maximum absolute atomic E-state index is 10.8. The molecule has 1 heterocycles. The number of anilines is 3. The van der Waals surface area contributed by atoms with Gasteiger partial charge >= 0.3 is 5.97 Å². The van der Waals surface area contributed by atoms with Gasteiger partial charge in [0.15, 0.2) is 0 Å². The number of benzene rings is 3. The summed E-state index contributed by atoms with van der Waals surface area (Å²) in [6.07, 6.45) is 0. The molecule has 0 fully saturated rings. The van der Waals surface area contributed by atoms with Gasteiger partial charge in [-0.25, -0.2) is 0 Å². The number of carbonyl (C=O) groups is 1. The lowest BCUT2D eigenvalue weighted by molar-refractivity contribution is -0.134. The fraction of sp³-hybridized carbons (Fsp3) is 0.0800. The zero-order valence-electron chi connectivity index (χ0n) is 16.9. The van der Waals surface area contributed by atoms with Crippen LogP contribution in [0.1, 0.15) is 0 Å². The molecule has 0 spiro atoms. The molecule has 5 rings (SSSR count). The summed E-state index contributed by atoms with van der Waals surface area (Å²) >= 11 is 0. The molecule has 154 valence electrons. The Bertz CT molecular complexity index is 1390. The minimum Gasteiger partial charge on any atom is -0.494 e. The highest BCUT2D eigenvalue weighted by atomic mass is 16.5. The number of aliphatic carboxylic acids is 1. The van der Waals surface area contributed by atoms with E-state index in [2.05, 4.69) is 58.1 Å². The van der Waals surface area contributed by atoms with Crippen LogP contribution >= 0.6 is 0 Å². The normalized spacial score (nSPS) is 11.1. The number of hydrogen-bond acceptors (Lipinski definition) is 4. The first-order chi connectivity index (χ1) is 15.1. The van der Waals surface area contributed by atoms with Crippen molar-refractivity contribution in [1.82, 2.24) is 4.98 Å². The average Bonchev–Trinajstić information content (AvgIpc) is 3.14. The van der Waals surface area contributed by atoms with E-state index in [-0.39, 0.29) is 6.54 Å². The van der Waals surface area contributed by atoms with Crippen LogP contribution in [0.3, 0.4) is 0 Å². The Kier molecular flexibility index (Phi) is 4.59. The highest BCUT2D eigenvalue weighted by Gasteiger charge is 2.14. The lowest BCUT2D eigenvalue weighted by Crippen LogP contribution is -2.12. The molecule has 0 unspecified atom stereocenters. The first-order valence-electron chi connectivity index (χ1n) is 9.96. The number of rotatable bonds is 6. The van der Waals surface area contributed by atoms with Crippen LogP contribution in [0.2, 0.25) is 0 Å². The molecule has 0 radical (unpaired) electrons. The molecule has 0 amide bonds. The summed E-state index contributed by atoms with van der Waals surface area (Å²) in [7, 11) is 1.59. The van der Waals surface area contributed by atoms with Crippen molar-refractivity contribution < 1.29 is 14.6 Å². The number of para-hydroxylation sites is 1. The fourth-order valence-corrected chi connectivity index (χ4v) is 3.95. The number of aromatic nitrogens is 1. The van der Waals surface area contributed by atoms with Gasteiger partial charge in [-0.2, -0.15) is 0 Å². The van der Waals surface area contributed by atoms with Gasteiger partial charge in [0, 0.05) is 22.5 Å². The van der Waals surface area contributed by atoms with Gasteiger partial charge in [0.25, 0.3) is 0 Å². The smallest absolute Gasteiger partial charge is 0.322 e. The monoisotopic (exact) mass is 411 g/mol. The van der Waals surface area contributed by atoms with Crippen molar-refractivity contribution in [2.24, 2.45) is 0 Å². The Balaban J connectivity index is 1.56. The number of carboxylic acids is 1. The third kappa shape index (κ3) is 3.48. The Morgan fingerprint density at radius 3 is 2.61 bits per heavy atom. The topological polar surface area (TPSA) is 86.4 Å². The number of carboxylic acid groups (broad SMARTS) is 1. The van der Waals surface area contributed by atoms with Gasteiger partial charge < -0.3 is 25.5 Å². The number of ether oxygens (including phenoxy) is 1. The first-order valence-corrected chi connectivity index (χ1v) is 9.96. The van der Waals surface area contributed by atoms with Crippen LogP contribution in [0.4, 0.5) is 17.1 Å².